The molecular weight excluding hydrogens is 495 g/mol. The Morgan fingerprint density at radius 2 is 1.97 bits per heavy atom. The summed E-state index contributed by atoms with van der Waals surface area (Å²) in [4.78, 5) is 6.26. The van der Waals surface area contributed by atoms with Crippen molar-refractivity contribution >= 4 is 29.9 Å². The van der Waals surface area contributed by atoms with Gasteiger partial charge in [0.1, 0.15) is 5.75 Å². The smallest absolute Gasteiger partial charge is 0.387 e. The van der Waals surface area contributed by atoms with E-state index < -0.39 is 6.61 Å². The molecule has 1 aliphatic heterocycles. The number of nitrogens with one attached hydrogen (secondary N) is 1. The lowest BCUT2D eigenvalue weighted by molar-refractivity contribution is -0.0498. The van der Waals surface area contributed by atoms with Crippen molar-refractivity contribution in [1.82, 2.24) is 10.2 Å². The van der Waals surface area contributed by atoms with Crippen molar-refractivity contribution in [2.75, 3.05) is 47.1 Å². The van der Waals surface area contributed by atoms with Gasteiger partial charge in [0.25, 0.3) is 0 Å². The predicted molar refractivity (Wildman–Crippen MR) is 120 cm³/mol. The molecule has 29 heavy (non-hydrogen) atoms. The van der Waals surface area contributed by atoms with Crippen molar-refractivity contribution in [2.45, 2.75) is 32.4 Å². The van der Waals surface area contributed by atoms with E-state index in [2.05, 4.69) is 15.0 Å². The Morgan fingerprint density at radius 3 is 2.59 bits per heavy atom. The topological polar surface area (TPSA) is 55.3 Å². The molecule has 0 atom stereocenters. The zero-order valence-corrected chi connectivity index (χ0v) is 19.4. The molecule has 1 fully saturated rings. The van der Waals surface area contributed by atoms with Gasteiger partial charge in [-0.25, -0.2) is 0 Å². The third kappa shape index (κ3) is 10.4. The summed E-state index contributed by atoms with van der Waals surface area (Å²) in [5.41, 5.74) is 0.979. The van der Waals surface area contributed by atoms with Crippen LogP contribution >= 0.6 is 24.0 Å². The summed E-state index contributed by atoms with van der Waals surface area (Å²) in [6.07, 6.45) is 3.07. The van der Waals surface area contributed by atoms with E-state index in [-0.39, 0.29) is 29.7 Å². The Bertz CT molecular complexity index is 585. The Balaban J connectivity index is 0.00000420. The highest BCUT2D eigenvalue weighted by atomic mass is 127. The molecule has 0 radical (unpaired) electrons. The maximum absolute atomic E-state index is 12.2. The van der Waals surface area contributed by atoms with Gasteiger partial charge in [0.15, 0.2) is 5.96 Å². The molecule has 6 nitrogen and oxygen atoms in total. The molecular formula is C20H32F2IN3O3. The van der Waals surface area contributed by atoms with E-state index in [0.717, 1.165) is 63.8 Å². The summed E-state index contributed by atoms with van der Waals surface area (Å²) >= 11 is 0. The minimum Gasteiger partial charge on any atom is -0.435 e. The van der Waals surface area contributed by atoms with Crippen LogP contribution in [0, 0.1) is 5.92 Å². The summed E-state index contributed by atoms with van der Waals surface area (Å²) in [6.45, 7) is 1.79. The van der Waals surface area contributed by atoms with Gasteiger partial charge in [-0.15, -0.1) is 24.0 Å². The molecule has 0 spiro atoms. The number of aliphatic imine (C=N–C) groups is 1. The minimum absolute atomic E-state index is 0. The van der Waals surface area contributed by atoms with E-state index in [9.17, 15) is 8.78 Å². The van der Waals surface area contributed by atoms with Gasteiger partial charge in [-0.3, -0.25) is 4.99 Å². The fourth-order valence-corrected chi connectivity index (χ4v) is 3.05. The van der Waals surface area contributed by atoms with Crippen LogP contribution in [0.15, 0.2) is 29.3 Å². The summed E-state index contributed by atoms with van der Waals surface area (Å²) < 4.78 is 39.9. The van der Waals surface area contributed by atoms with Gasteiger partial charge >= 0.3 is 6.61 Å². The Kier molecular flexibility index (Phi) is 13.1. The van der Waals surface area contributed by atoms with Gasteiger partial charge in [0.05, 0.1) is 0 Å². The van der Waals surface area contributed by atoms with Crippen LogP contribution in [-0.2, 0) is 16.0 Å². The first kappa shape index (κ1) is 25.8. The predicted octanol–water partition coefficient (Wildman–Crippen LogP) is 3.75. The number of guanidine groups is 1. The number of hydrogen-bond acceptors (Lipinski definition) is 4. The Labute approximate surface area is 189 Å². The van der Waals surface area contributed by atoms with Crippen molar-refractivity contribution < 1.29 is 23.0 Å². The van der Waals surface area contributed by atoms with Crippen molar-refractivity contribution in [3.05, 3.63) is 29.8 Å². The van der Waals surface area contributed by atoms with Crippen LogP contribution in [0.25, 0.3) is 0 Å². The molecule has 1 saturated heterocycles. The Hall–Kier alpha value is -1.20. The third-order valence-electron chi connectivity index (χ3n) is 4.58. The Morgan fingerprint density at radius 1 is 1.28 bits per heavy atom. The minimum atomic E-state index is -2.81. The van der Waals surface area contributed by atoms with Crippen molar-refractivity contribution in [3.8, 4) is 5.75 Å². The zero-order chi connectivity index (χ0) is 20.2. The summed E-state index contributed by atoms with van der Waals surface area (Å²) in [6, 6.07) is 6.62. The van der Waals surface area contributed by atoms with Gasteiger partial charge in [0, 0.05) is 53.6 Å². The van der Waals surface area contributed by atoms with E-state index in [1.54, 1.807) is 31.3 Å². The summed E-state index contributed by atoms with van der Waals surface area (Å²) in [5.74, 6) is 1.56. The van der Waals surface area contributed by atoms with E-state index in [0.29, 0.717) is 12.5 Å². The first-order chi connectivity index (χ1) is 13.6. The molecule has 166 valence electrons. The molecule has 1 aromatic rings. The monoisotopic (exact) mass is 527 g/mol. The molecule has 1 aliphatic rings. The van der Waals surface area contributed by atoms with Crippen LogP contribution in [0.1, 0.15) is 24.8 Å². The highest BCUT2D eigenvalue weighted by molar-refractivity contribution is 14.0. The third-order valence-corrected chi connectivity index (χ3v) is 4.58. The van der Waals surface area contributed by atoms with E-state index in [1.807, 2.05) is 11.9 Å². The highest BCUT2D eigenvalue weighted by Gasteiger charge is 2.13. The number of rotatable bonds is 10. The van der Waals surface area contributed by atoms with Gasteiger partial charge in [-0.2, -0.15) is 8.78 Å². The number of halogens is 3. The zero-order valence-electron chi connectivity index (χ0n) is 17.1. The molecule has 1 N–H and O–H groups in total. The maximum Gasteiger partial charge on any atom is 0.387 e. The van der Waals surface area contributed by atoms with Crippen LogP contribution < -0.4 is 10.1 Å². The number of hydrogen-bond donors (Lipinski definition) is 1. The molecule has 2 rings (SSSR count). The van der Waals surface area contributed by atoms with Gasteiger partial charge in [0.2, 0.25) is 0 Å². The molecule has 0 bridgehead atoms. The van der Waals surface area contributed by atoms with E-state index in [1.165, 1.54) is 0 Å². The van der Waals surface area contributed by atoms with Crippen molar-refractivity contribution in [1.29, 1.82) is 0 Å². The molecule has 0 aromatic heterocycles. The fourth-order valence-electron chi connectivity index (χ4n) is 3.05. The first-order valence-electron chi connectivity index (χ1n) is 9.69. The lowest BCUT2D eigenvalue weighted by atomic mass is 10.0. The van der Waals surface area contributed by atoms with Crippen molar-refractivity contribution in [2.24, 2.45) is 10.9 Å². The summed E-state index contributed by atoms with van der Waals surface area (Å²) in [5, 5.41) is 3.32. The van der Waals surface area contributed by atoms with Crippen LogP contribution in [-0.4, -0.2) is 64.5 Å². The molecule has 0 aliphatic carbocycles. The second-order valence-electron chi connectivity index (χ2n) is 6.84. The largest absolute Gasteiger partial charge is 0.435 e. The number of ether oxygens (including phenoxy) is 3. The first-order valence-corrected chi connectivity index (χ1v) is 9.69. The molecule has 1 heterocycles. The van der Waals surface area contributed by atoms with Crippen LogP contribution in [0.5, 0.6) is 5.75 Å². The van der Waals surface area contributed by atoms with Crippen LogP contribution in [0.3, 0.4) is 0 Å². The highest BCUT2D eigenvalue weighted by Crippen LogP contribution is 2.16. The fraction of sp³-hybridized carbons (Fsp3) is 0.650. The van der Waals surface area contributed by atoms with Crippen LogP contribution in [0.4, 0.5) is 8.78 Å². The number of nitrogens with zero attached hydrogens (tertiary/aromatic N) is 2. The molecule has 9 heteroatoms. The second kappa shape index (κ2) is 14.7. The van der Waals surface area contributed by atoms with Crippen LogP contribution in [0.2, 0.25) is 0 Å². The average molecular weight is 527 g/mol. The van der Waals surface area contributed by atoms with Crippen molar-refractivity contribution in [3.63, 3.8) is 0 Å². The van der Waals surface area contributed by atoms with Gasteiger partial charge < -0.3 is 24.4 Å². The number of benzene rings is 1. The lowest BCUT2D eigenvalue weighted by Gasteiger charge is -2.23. The molecule has 1 aromatic carbocycles. The van der Waals surface area contributed by atoms with E-state index in [4.69, 9.17) is 9.47 Å². The summed E-state index contributed by atoms with van der Waals surface area (Å²) in [7, 11) is 3.67. The normalized spacial score (nSPS) is 15.1. The molecule has 0 unspecified atom stereocenters. The maximum atomic E-state index is 12.2. The van der Waals surface area contributed by atoms with Gasteiger partial charge in [-0.1, -0.05) is 12.1 Å². The standard InChI is InChI=1S/C20H31F2N3O3.HI/c1-23-20(24-10-3-11-27-15-17-8-12-26-13-9-17)25(2)14-16-4-6-18(7-5-16)28-19(21)22;/h4-7,17,19H,3,8-15H2,1-2H3,(H,23,24);1H. The van der Waals surface area contributed by atoms with Gasteiger partial charge in [-0.05, 0) is 42.9 Å². The second-order valence-corrected chi connectivity index (χ2v) is 6.84. The lowest BCUT2D eigenvalue weighted by Crippen LogP contribution is -2.39. The quantitative estimate of drug-likeness (QED) is 0.218. The number of alkyl halides is 2. The van der Waals surface area contributed by atoms with E-state index >= 15 is 0 Å². The molecule has 0 amide bonds. The molecule has 0 saturated carbocycles. The SMILES string of the molecule is CN=C(NCCCOCC1CCOCC1)N(C)Cc1ccc(OC(F)F)cc1.I. The average Bonchev–Trinajstić information content (AvgIpc) is 2.69.